The largest absolute Gasteiger partial charge is 0.493 e. The molecule has 0 amide bonds. The lowest BCUT2D eigenvalue weighted by Crippen LogP contribution is -2.34. The summed E-state index contributed by atoms with van der Waals surface area (Å²) in [6, 6.07) is 1.23. The van der Waals surface area contributed by atoms with Crippen LogP contribution in [0.1, 0.15) is 31.2 Å². The van der Waals surface area contributed by atoms with E-state index in [0.717, 1.165) is 25.7 Å². The highest BCUT2D eigenvalue weighted by Crippen LogP contribution is 2.48. The summed E-state index contributed by atoms with van der Waals surface area (Å²) in [6.45, 7) is 0. The van der Waals surface area contributed by atoms with Crippen molar-refractivity contribution in [2.75, 3.05) is 14.2 Å². The van der Waals surface area contributed by atoms with Gasteiger partial charge in [-0.3, -0.25) is 0 Å². The first-order valence-electron chi connectivity index (χ1n) is 5.93. The van der Waals surface area contributed by atoms with Crippen LogP contribution in [0.3, 0.4) is 0 Å². The topological polar surface area (TPSA) is 44.5 Å². The Morgan fingerprint density at radius 3 is 2.39 bits per heavy atom. The maximum absolute atomic E-state index is 13.8. The quantitative estimate of drug-likeness (QED) is 0.920. The summed E-state index contributed by atoms with van der Waals surface area (Å²) in [5.74, 6) is 0.237. The Labute approximate surface area is 111 Å². The van der Waals surface area contributed by atoms with Gasteiger partial charge in [0, 0.05) is 17.2 Å². The zero-order valence-electron chi connectivity index (χ0n) is 10.6. The molecular formula is C13H17ClFNO2. The molecule has 0 spiro atoms. The Hall–Kier alpha value is -1.00. The van der Waals surface area contributed by atoms with Gasteiger partial charge >= 0.3 is 0 Å². The molecule has 1 aromatic rings. The molecular weight excluding hydrogens is 257 g/mol. The third kappa shape index (κ3) is 2.04. The van der Waals surface area contributed by atoms with Crippen molar-refractivity contribution in [2.24, 2.45) is 5.73 Å². The molecule has 0 saturated heterocycles. The number of rotatable bonds is 3. The predicted octanol–water partition coefficient (Wildman–Crippen LogP) is 3.22. The van der Waals surface area contributed by atoms with Crippen LogP contribution in [0.2, 0.25) is 5.02 Å². The summed E-state index contributed by atoms with van der Waals surface area (Å²) >= 11 is 6.09. The highest BCUT2D eigenvalue weighted by atomic mass is 35.5. The van der Waals surface area contributed by atoms with Crippen LogP contribution in [-0.4, -0.2) is 14.2 Å². The first-order chi connectivity index (χ1) is 8.53. The van der Waals surface area contributed by atoms with Gasteiger partial charge in [-0.2, -0.15) is 0 Å². The fourth-order valence-corrected chi connectivity index (χ4v) is 2.97. The van der Waals surface area contributed by atoms with Gasteiger partial charge in [-0.25, -0.2) is 4.39 Å². The molecule has 5 heteroatoms. The maximum Gasteiger partial charge on any atom is 0.167 e. The van der Waals surface area contributed by atoms with E-state index in [4.69, 9.17) is 26.8 Å². The van der Waals surface area contributed by atoms with Gasteiger partial charge < -0.3 is 15.2 Å². The van der Waals surface area contributed by atoms with Crippen molar-refractivity contribution in [1.29, 1.82) is 0 Å². The number of methoxy groups -OCH3 is 2. The first kappa shape index (κ1) is 13.4. The van der Waals surface area contributed by atoms with E-state index in [1.54, 1.807) is 0 Å². The highest BCUT2D eigenvalue weighted by molar-refractivity contribution is 6.32. The lowest BCUT2D eigenvalue weighted by Gasteiger charge is -2.28. The summed E-state index contributed by atoms with van der Waals surface area (Å²) in [5, 5.41) is 0.0389. The van der Waals surface area contributed by atoms with Crippen molar-refractivity contribution in [3.63, 3.8) is 0 Å². The number of hydrogen-bond donors (Lipinski definition) is 1. The van der Waals surface area contributed by atoms with Crippen molar-refractivity contribution < 1.29 is 13.9 Å². The van der Waals surface area contributed by atoms with Crippen LogP contribution in [0.5, 0.6) is 11.5 Å². The Morgan fingerprint density at radius 2 is 1.89 bits per heavy atom. The molecule has 0 aliphatic heterocycles. The van der Waals surface area contributed by atoms with Crippen LogP contribution in [-0.2, 0) is 5.54 Å². The summed E-state index contributed by atoms with van der Waals surface area (Å²) in [5.41, 5.74) is 6.26. The molecule has 1 aromatic carbocycles. The number of benzene rings is 1. The number of halogens is 2. The second-order valence-corrected chi connectivity index (χ2v) is 5.02. The zero-order chi connectivity index (χ0) is 13.3. The average molecular weight is 274 g/mol. The normalized spacial score (nSPS) is 17.8. The fourth-order valence-electron chi connectivity index (χ4n) is 2.64. The molecule has 0 bridgehead atoms. The van der Waals surface area contributed by atoms with Gasteiger partial charge in [-0.1, -0.05) is 24.4 Å². The van der Waals surface area contributed by atoms with E-state index in [1.807, 2.05) is 0 Å². The summed E-state index contributed by atoms with van der Waals surface area (Å²) < 4.78 is 24.3. The van der Waals surface area contributed by atoms with Gasteiger partial charge in [0.2, 0.25) is 0 Å². The molecule has 0 aromatic heterocycles. The second-order valence-electron chi connectivity index (χ2n) is 4.65. The third-order valence-corrected chi connectivity index (χ3v) is 3.93. The molecule has 1 aliphatic carbocycles. The van der Waals surface area contributed by atoms with Crippen LogP contribution in [0.25, 0.3) is 0 Å². The molecule has 1 fully saturated rings. The molecule has 100 valence electrons. The SMILES string of the molecule is COc1cc(F)c(Cl)c(C2(N)CCCC2)c1OC. The molecule has 0 atom stereocenters. The maximum atomic E-state index is 13.8. The van der Waals surface area contributed by atoms with E-state index >= 15 is 0 Å². The molecule has 0 heterocycles. The van der Waals surface area contributed by atoms with Crippen LogP contribution in [0.4, 0.5) is 4.39 Å². The number of ether oxygens (including phenoxy) is 2. The van der Waals surface area contributed by atoms with E-state index in [1.165, 1.54) is 20.3 Å². The van der Waals surface area contributed by atoms with Crippen molar-refractivity contribution in [2.45, 2.75) is 31.2 Å². The van der Waals surface area contributed by atoms with E-state index < -0.39 is 11.4 Å². The number of hydrogen-bond acceptors (Lipinski definition) is 3. The second kappa shape index (κ2) is 4.94. The molecule has 2 rings (SSSR count). The van der Waals surface area contributed by atoms with Gasteiger partial charge in [0.15, 0.2) is 11.5 Å². The van der Waals surface area contributed by atoms with E-state index in [9.17, 15) is 4.39 Å². The van der Waals surface area contributed by atoms with Gasteiger partial charge in [-0.05, 0) is 12.8 Å². The first-order valence-corrected chi connectivity index (χ1v) is 6.30. The van der Waals surface area contributed by atoms with Crippen LogP contribution in [0.15, 0.2) is 6.07 Å². The minimum absolute atomic E-state index is 0.0389. The molecule has 1 saturated carbocycles. The van der Waals surface area contributed by atoms with Gasteiger partial charge in [-0.15, -0.1) is 0 Å². The Kier molecular flexibility index (Phi) is 3.69. The highest BCUT2D eigenvalue weighted by Gasteiger charge is 2.38. The Balaban J connectivity index is 2.66. The molecule has 3 nitrogen and oxygen atoms in total. The predicted molar refractivity (Wildman–Crippen MR) is 68.8 cm³/mol. The van der Waals surface area contributed by atoms with Gasteiger partial charge in [0.05, 0.1) is 19.2 Å². The minimum Gasteiger partial charge on any atom is -0.493 e. The fraction of sp³-hybridized carbons (Fsp3) is 0.538. The number of nitrogens with two attached hydrogens (primary N) is 1. The van der Waals surface area contributed by atoms with Crippen molar-refractivity contribution in [3.8, 4) is 11.5 Å². The standard InChI is InChI=1S/C13H17ClFNO2/c1-17-9-7-8(15)11(14)10(12(9)18-2)13(16)5-3-4-6-13/h7H,3-6,16H2,1-2H3. The lowest BCUT2D eigenvalue weighted by atomic mass is 9.88. The summed E-state index contributed by atoms with van der Waals surface area (Å²) in [4.78, 5) is 0. The van der Waals surface area contributed by atoms with E-state index in [0.29, 0.717) is 17.1 Å². The lowest BCUT2D eigenvalue weighted by molar-refractivity contribution is 0.334. The van der Waals surface area contributed by atoms with Crippen molar-refractivity contribution in [1.82, 2.24) is 0 Å². The monoisotopic (exact) mass is 273 g/mol. The van der Waals surface area contributed by atoms with E-state index in [2.05, 4.69) is 0 Å². The smallest absolute Gasteiger partial charge is 0.167 e. The van der Waals surface area contributed by atoms with Crippen molar-refractivity contribution >= 4 is 11.6 Å². The van der Waals surface area contributed by atoms with Gasteiger partial charge in [0.25, 0.3) is 0 Å². The van der Waals surface area contributed by atoms with Crippen LogP contribution in [0, 0.1) is 5.82 Å². The van der Waals surface area contributed by atoms with Crippen molar-refractivity contribution in [3.05, 3.63) is 22.5 Å². The zero-order valence-corrected chi connectivity index (χ0v) is 11.3. The van der Waals surface area contributed by atoms with Crippen LogP contribution < -0.4 is 15.2 Å². The third-order valence-electron chi connectivity index (χ3n) is 3.56. The summed E-state index contributed by atoms with van der Waals surface area (Å²) in [7, 11) is 2.97. The van der Waals surface area contributed by atoms with Gasteiger partial charge in [0.1, 0.15) is 5.82 Å². The van der Waals surface area contributed by atoms with Crippen LogP contribution >= 0.6 is 11.6 Å². The molecule has 2 N–H and O–H groups in total. The molecule has 1 aliphatic rings. The molecule has 0 unspecified atom stereocenters. The summed E-state index contributed by atoms with van der Waals surface area (Å²) in [6.07, 6.45) is 3.56. The average Bonchev–Trinajstić information content (AvgIpc) is 2.79. The molecule has 18 heavy (non-hydrogen) atoms. The van der Waals surface area contributed by atoms with E-state index in [-0.39, 0.29) is 5.02 Å². The minimum atomic E-state index is -0.627. The molecule has 0 radical (unpaired) electrons. The Bertz CT molecular complexity index is 459. The Morgan fingerprint density at radius 1 is 1.28 bits per heavy atom.